The van der Waals surface area contributed by atoms with Crippen LogP contribution in [0.1, 0.15) is 62.7 Å². The van der Waals surface area contributed by atoms with Crippen LogP contribution >= 0.6 is 12.4 Å². The lowest BCUT2D eigenvalue weighted by molar-refractivity contribution is -0.139. The third kappa shape index (κ3) is 4.78. The Morgan fingerprint density at radius 1 is 1.17 bits per heavy atom. The molecule has 1 amide bonds. The molecule has 30 heavy (non-hydrogen) atoms. The number of aromatic nitrogens is 3. The number of likely N-dealkylation sites (tertiary alicyclic amines) is 1. The minimum Gasteiger partial charge on any atom is -0.481 e. The number of halogens is 1. The highest BCUT2D eigenvalue weighted by Gasteiger charge is 2.31. The molecule has 0 bridgehead atoms. The number of amides is 1. The zero-order chi connectivity index (χ0) is 20.4. The van der Waals surface area contributed by atoms with Crippen molar-refractivity contribution < 1.29 is 9.53 Å². The second-order valence-corrected chi connectivity index (χ2v) is 8.39. The van der Waals surface area contributed by atoms with E-state index in [1.807, 2.05) is 30.0 Å². The van der Waals surface area contributed by atoms with E-state index in [2.05, 4.69) is 40.0 Å². The molecule has 1 atom stereocenters. The third-order valence-corrected chi connectivity index (χ3v) is 6.01. The van der Waals surface area contributed by atoms with Gasteiger partial charge in [-0.15, -0.1) is 22.6 Å². The lowest BCUT2D eigenvalue weighted by atomic mass is 9.95. The minimum atomic E-state index is -0.485. The fourth-order valence-corrected chi connectivity index (χ4v) is 4.23. The summed E-state index contributed by atoms with van der Waals surface area (Å²) in [4.78, 5) is 14.8. The first-order valence-electron chi connectivity index (χ1n) is 10.7. The van der Waals surface area contributed by atoms with Crippen molar-refractivity contribution >= 4 is 18.3 Å². The van der Waals surface area contributed by atoms with Gasteiger partial charge in [0, 0.05) is 32.1 Å². The molecule has 2 aromatic rings. The molecule has 2 aliphatic rings. The normalized spacial score (nSPS) is 17.9. The van der Waals surface area contributed by atoms with Crippen LogP contribution in [0.5, 0.6) is 5.75 Å². The van der Waals surface area contributed by atoms with Gasteiger partial charge in [0.05, 0.1) is 6.54 Å². The molecular formula is C22H32ClN5O2. The Hall–Kier alpha value is -2.12. The highest BCUT2D eigenvalue weighted by Crippen LogP contribution is 2.28. The molecule has 7 nitrogen and oxygen atoms in total. The summed E-state index contributed by atoms with van der Waals surface area (Å²) in [7, 11) is 0. The van der Waals surface area contributed by atoms with Crippen molar-refractivity contribution in [1.82, 2.24) is 25.0 Å². The van der Waals surface area contributed by atoms with Crippen LogP contribution in [0.2, 0.25) is 0 Å². The van der Waals surface area contributed by atoms with Gasteiger partial charge in [0.15, 0.2) is 6.10 Å². The number of piperidine rings is 1. The van der Waals surface area contributed by atoms with Crippen LogP contribution in [0.25, 0.3) is 0 Å². The number of rotatable bonds is 5. The smallest absolute Gasteiger partial charge is 0.263 e. The predicted octanol–water partition coefficient (Wildman–Crippen LogP) is 3.10. The Balaban J connectivity index is 0.00000256. The van der Waals surface area contributed by atoms with E-state index in [9.17, 15) is 4.79 Å². The number of carbonyl (C=O) groups is 1. The van der Waals surface area contributed by atoms with Gasteiger partial charge in [0.1, 0.15) is 17.4 Å². The summed E-state index contributed by atoms with van der Waals surface area (Å²) in [5.74, 6) is 3.74. The van der Waals surface area contributed by atoms with Crippen molar-refractivity contribution in [2.75, 3.05) is 19.6 Å². The van der Waals surface area contributed by atoms with Crippen LogP contribution in [-0.4, -0.2) is 51.3 Å². The highest BCUT2D eigenvalue weighted by atomic mass is 35.5. The molecule has 1 aromatic carbocycles. The molecule has 0 spiro atoms. The second kappa shape index (κ2) is 9.79. The van der Waals surface area contributed by atoms with Crippen molar-refractivity contribution in [3.63, 3.8) is 0 Å². The predicted molar refractivity (Wildman–Crippen MR) is 118 cm³/mol. The van der Waals surface area contributed by atoms with E-state index in [0.717, 1.165) is 63.0 Å². The summed E-state index contributed by atoms with van der Waals surface area (Å²) >= 11 is 0. The largest absolute Gasteiger partial charge is 0.481 e. The quantitative estimate of drug-likeness (QED) is 0.784. The molecule has 1 aromatic heterocycles. The van der Waals surface area contributed by atoms with Crippen molar-refractivity contribution in [3.8, 4) is 5.75 Å². The Morgan fingerprint density at radius 3 is 2.67 bits per heavy atom. The molecule has 2 aliphatic heterocycles. The van der Waals surface area contributed by atoms with Gasteiger partial charge in [-0.05, 0) is 43.4 Å². The van der Waals surface area contributed by atoms with E-state index < -0.39 is 6.10 Å². The van der Waals surface area contributed by atoms with Crippen molar-refractivity contribution in [3.05, 3.63) is 41.5 Å². The highest BCUT2D eigenvalue weighted by molar-refractivity contribution is 5.85. The minimum absolute atomic E-state index is 0. The van der Waals surface area contributed by atoms with Crippen molar-refractivity contribution in [2.45, 2.75) is 64.6 Å². The van der Waals surface area contributed by atoms with Gasteiger partial charge >= 0.3 is 0 Å². The Kier molecular flexibility index (Phi) is 7.36. The van der Waals surface area contributed by atoms with E-state index in [-0.39, 0.29) is 18.3 Å². The number of fused-ring (bicyclic) bond motifs is 1. The van der Waals surface area contributed by atoms with Gasteiger partial charge < -0.3 is 19.5 Å². The Bertz CT molecular complexity index is 861. The Morgan fingerprint density at radius 2 is 1.93 bits per heavy atom. The van der Waals surface area contributed by atoms with Crippen molar-refractivity contribution in [2.24, 2.45) is 0 Å². The van der Waals surface area contributed by atoms with E-state index in [1.54, 1.807) is 0 Å². The second-order valence-electron chi connectivity index (χ2n) is 8.39. The van der Waals surface area contributed by atoms with Gasteiger partial charge in [-0.3, -0.25) is 4.79 Å². The summed E-state index contributed by atoms with van der Waals surface area (Å²) < 4.78 is 8.23. The molecule has 0 radical (unpaired) electrons. The standard InChI is InChI=1S/C22H31N5O2.ClH/c1-15(2)18-5-4-6-19(13-18)29-16(3)22(28)26-10-7-17(8-11-26)21-25-24-20-14-23-9-12-27(20)21;/h4-6,13,15-17,23H,7-12,14H2,1-3H3;1H. The molecule has 3 heterocycles. The number of nitrogens with zero attached hydrogens (tertiary/aromatic N) is 4. The first-order chi connectivity index (χ1) is 14.0. The number of ether oxygens (including phenoxy) is 1. The molecule has 4 rings (SSSR count). The first-order valence-corrected chi connectivity index (χ1v) is 10.7. The zero-order valence-corrected chi connectivity index (χ0v) is 18.8. The molecule has 8 heteroatoms. The van der Waals surface area contributed by atoms with E-state index in [0.29, 0.717) is 11.8 Å². The average molecular weight is 434 g/mol. The molecule has 164 valence electrons. The first kappa shape index (κ1) is 22.6. The van der Waals surface area contributed by atoms with Gasteiger partial charge in [-0.2, -0.15) is 0 Å². The van der Waals surface area contributed by atoms with Gasteiger partial charge in [-0.25, -0.2) is 0 Å². The number of hydrogen-bond donors (Lipinski definition) is 1. The third-order valence-electron chi connectivity index (χ3n) is 6.01. The monoisotopic (exact) mass is 433 g/mol. The number of hydrogen-bond acceptors (Lipinski definition) is 5. The van der Waals surface area contributed by atoms with Crippen LogP contribution in [0.3, 0.4) is 0 Å². The molecule has 1 saturated heterocycles. The van der Waals surface area contributed by atoms with Crippen LogP contribution in [0, 0.1) is 0 Å². The SMILES string of the molecule is CC(Oc1cccc(C(C)C)c1)C(=O)N1CCC(c2nnc3n2CCNC3)CC1.Cl. The molecule has 0 aliphatic carbocycles. The summed E-state index contributed by atoms with van der Waals surface area (Å²) in [5, 5.41) is 12.1. The zero-order valence-electron chi connectivity index (χ0n) is 18.0. The molecule has 1 unspecified atom stereocenters. The molecular weight excluding hydrogens is 402 g/mol. The maximum absolute atomic E-state index is 12.9. The lowest BCUT2D eigenvalue weighted by Gasteiger charge is -2.33. The summed E-state index contributed by atoms with van der Waals surface area (Å²) in [6.45, 7) is 10.3. The van der Waals surface area contributed by atoms with E-state index in [1.165, 1.54) is 5.56 Å². The molecule has 1 N–H and O–H groups in total. The maximum Gasteiger partial charge on any atom is 0.263 e. The van der Waals surface area contributed by atoms with Crippen molar-refractivity contribution in [1.29, 1.82) is 0 Å². The van der Waals surface area contributed by atoms with E-state index >= 15 is 0 Å². The van der Waals surface area contributed by atoms with Crippen LogP contribution in [-0.2, 0) is 17.9 Å². The number of benzene rings is 1. The fourth-order valence-electron chi connectivity index (χ4n) is 4.23. The lowest BCUT2D eigenvalue weighted by Crippen LogP contribution is -2.44. The Labute approximate surface area is 184 Å². The van der Waals surface area contributed by atoms with E-state index in [4.69, 9.17) is 4.74 Å². The van der Waals surface area contributed by atoms with Gasteiger partial charge in [0.2, 0.25) is 0 Å². The van der Waals surface area contributed by atoms with Gasteiger partial charge in [0.25, 0.3) is 5.91 Å². The molecule has 1 fully saturated rings. The van der Waals surface area contributed by atoms with Crippen LogP contribution < -0.4 is 10.1 Å². The topological polar surface area (TPSA) is 72.3 Å². The number of carbonyl (C=O) groups excluding carboxylic acids is 1. The van der Waals surface area contributed by atoms with Crippen LogP contribution in [0.15, 0.2) is 24.3 Å². The summed E-state index contributed by atoms with van der Waals surface area (Å²) in [5.41, 5.74) is 1.22. The summed E-state index contributed by atoms with van der Waals surface area (Å²) in [6, 6.07) is 8.03. The maximum atomic E-state index is 12.9. The summed E-state index contributed by atoms with van der Waals surface area (Å²) in [6.07, 6.45) is 1.36. The molecule has 0 saturated carbocycles. The number of nitrogens with one attached hydrogen (secondary N) is 1. The average Bonchev–Trinajstić information content (AvgIpc) is 3.17. The fraction of sp³-hybridized carbons (Fsp3) is 0.591. The van der Waals surface area contributed by atoms with Gasteiger partial charge in [-0.1, -0.05) is 26.0 Å². The van der Waals surface area contributed by atoms with Crippen LogP contribution in [0.4, 0.5) is 0 Å².